The molecule has 0 saturated carbocycles. The van der Waals surface area contributed by atoms with Crippen LogP contribution in [0, 0.1) is 0 Å². The van der Waals surface area contributed by atoms with Gasteiger partial charge in [0.1, 0.15) is 11.8 Å². The fourth-order valence-electron chi connectivity index (χ4n) is 2.92. The molecule has 1 fully saturated rings. The Morgan fingerprint density at radius 1 is 1.35 bits per heavy atom. The maximum absolute atomic E-state index is 12.6. The van der Waals surface area contributed by atoms with Crippen LogP contribution in [0.3, 0.4) is 0 Å². The van der Waals surface area contributed by atoms with E-state index in [1.54, 1.807) is 0 Å². The number of esters is 1. The summed E-state index contributed by atoms with van der Waals surface area (Å²) in [6.45, 7) is 4.70. The summed E-state index contributed by atoms with van der Waals surface area (Å²) in [6, 6.07) is 6.76. The molecule has 2 unspecified atom stereocenters. The molecule has 0 aliphatic carbocycles. The third kappa shape index (κ3) is 4.74. The van der Waals surface area contributed by atoms with Crippen LogP contribution in [0.25, 0.3) is 0 Å². The molecule has 1 saturated heterocycles. The molecular formula is C19H26N2O5. The Bertz CT molecular complexity index is 661. The minimum absolute atomic E-state index is 0.169. The lowest BCUT2D eigenvalue weighted by atomic mass is 9.98. The molecule has 0 radical (unpaired) electrons. The molecule has 1 aromatic rings. The highest BCUT2D eigenvalue weighted by molar-refractivity contribution is 5.92. The van der Waals surface area contributed by atoms with Crippen molar-refractivity contribution in [3.63, 3.8) is 0 Å². The molecule has 7 nitrogen and oxygen atoms in total. The zero-order valence-corrected chi connectivity index (χ0v) is 15.5. The lowest BCUT2D eigenvalue weighted by Crippen LogP contribution is -2.58. The molecular weight excluding hydrogens is 336 g/mol. The average molecular weight is 362 g/mol. The fourth-order valence-corrected chi connectivity index (χ4v) is 2.92. The van der Waals surface area contributed by atoms with Gasteiger partial charge in [-0.3, -0.25) is 14.4 Å². The zero-order valence-electron chi connectivity index (χ0n) is 15.5. The summed E-state index contributed by atoms with van der Waals surface area (Å²) in [5.41, 5.74) is 1.05. The van der Waals surface area contributed by atoms with E-state index in [9.17, 15) is 14.4 Å². The molecule has 0 bridgehead atoms. The first-order chi connectivity index (χ1) is 12.5. The number of carbonyl (C=O) groups excluding carboxylic acids is 3. The van der Waals surface area contributed by atoms with Crippen LogP contribution in [0.1, 0.15) is 38.2 Å². The van der Waals surface area contributed by atoms with E-state index in [4.69, 9.17) is 4.74 Å². The topological polar surface area (TPSA) is 84.9 Å². The molecule has 0 aromatic heterocycles. The van der Waals surface area contributed by atoms with Gasteiger partial charge >= 0.3 is 5.97 Å². The minimum atomic E-state index is -0.864. The second kappa shape index (κ2) is 9.22. The summed E-state index contributed by atoms with van der Waals surface area (Å²) in [5.74, 6) is -0.231. The predicted octanol–water partition coefficient (Wildman–Crippen LogP) is 1.47. The average Bonchev–Trinajstić information content (AvgIpc) is 2.67. The van der Waals surface area contributed by atoms with Gasteiger partial charge in [-0.2, -0.15) is 0 Å². The SMILES string of the molecule is CCC(C)c1ccccc1OCC(=O)N1CCNC(=O)C1CC(=O)OC. The highest BCUT2D eigenvalue weighted by Crippen LogP contribution is 2.28. The van der Waals surface area contributed by atoms with Crippen molar-refractivity contribution in [1.82, 2.24) is 10.2 Å². The number of amides is 2. The number of methoxy groups -OCH3 is 1. The fraction of sp³-hybridized carbons (Fsp3) is 0.526. The van der Waals surface area contributed by atoms with E-state index in [-0.39, 0.29) is 24.8 Å². The zero-order chi connectivity index (χ0) is 19.1. The van der Waals surface area contributed by atoms with Crippen molar-refractivity contribution in [2.75, 3.05) is 26.8 Å². The summed E-state index contributed by atoms with van der Waals surface area (Å²) < 4.78 is 10.4. The molecule has 1 aliphatic rings. The van der Waals surface area contributed by atoms with E-state index >= 15 is 0 Å². The van der Waals surface area contributed by atoms with E-state index in [1.165, 1.54) is 12.0 Å². The van der Waals surface area contributed by atoms with Gasteiger partial charge in [-0.1, -0.05) is 32.0 Å². The van der Waals surface area contributed by atoms with Gasteiger partial charge in [0.05, 0.1) is 13.5 Å². The number of carbonyl (C=O) groups is 3. The van der Waals surface area contributed by atoms with E-state index < -0.39 is 12.0 Å². The van der Waals surface area contributed by atoms with Crippen molar-refractivity contribution in [3.8, 4) is 5.75 Å². The lowest BCUT2D eigenvalue weighted by molar-refractivity contribution is -0.151. The lowest BCUT2D eigenvalue weighted by Gasteiger charge is -2.34. The Labute approximate surface area is 153 Å². The number of para-hydroxylation sites is 1. The minimum Gasteiger partial charge on any atom is -0.483 e. The highest BCUT2D eigenvalue weighted by atomic mass is 16.5. The smallest absolute Gasteiger partial charge is 0.308 e. The predicted molar refractivity (Wildman–Crippen MR) is 95.8 cm³/mol. The number of ether oxygens (including phenoxy) is 2. The molecule has 142 valence electrons. The van der Waals surface area contributed by atoms with Crippen molar-refractivity contribution >= 4 is 17.8 Å². The molecule has 1 aromatic carbocycles. The Hall–Kier alpha value is -2.57. The summed E-state index contributed by atoms with van der Waals surface area (Å²) in [4.78, 5) is 37.6. The Morgan fingerprint density at radius 3 is 2.77 bits per heavy atom. The maximum Gasteiger partial charge on any atom is 0.308 e. The van der Waals surface area contributed by atoms with Crippen LogP contribution in [0.4, 0.5) is 0 Å². The summed E-state index contributed by atoms with van der Waals surface area (Å²) in [5, 5.41) is 2.67. The van der Waals surface area contributed by atoms with Gasteiger partial charge in [0.15, 0.2) is 6.61 Å². The van der Waals surface area contributed by atoms with Crippen LogP contribution in [0.5, 0.6) is 5.75 Å². The number of rotatable bonds is 7. The van der Waals surface area contributed by atoms with Crippen LogP contribution in [0.15, 0.2) is 24.3 Å². The summed E-state index contributed by atoms with van der Waals surface area (Å²) in [7, 11) is 1.25. The maximum atomic E-state index is 12.6. The molecule has 26 heavy (non-hydrogen) atoms. The normalized spacial score (nSPS) is 18.0. The van der Waals surface area contributed by atoms with Crippen LogP contribution < -0.4 is 10.1 Å². The molecule has 2 rings (SSSR count). The number of piperazine rings is 1. The van der Waals surface area contributed by atoms with Crippen molar-refractivity contribution < 1.29 is 23.9 Å². The third-order valence-corrected chi connectivity index (χ3v) is 4.65. The molecule has 1 heterocycles. The standard InChI is InChI=1S/C19H26N2O5/c1-4-13(2)14-7-5-6-8-16(14)26-12-17(22)21-10-9-20-19(24)15(21)11-18(23)25-3/h5-8,13,15H,4,9-12H2,1-3H3,(H,20,24). The van der Waals surface area contributed by atoms with Gasteiger partial charge in [-0.25, -0.2) is 0 Å². The Morgan fingerprint density at radius 2 is 2.08 bits per heavy atom. The highest BCUT2D eigenvalue weighted by Gasteiger charge is 2.35. The van der Waals surface area contributed by atoms with E-state index in [0.717, 1.165) is 12.0 Å². The summed E-state index contributed by atoms with van der Waals surface area (Å²) in [6.07, 6.45) is 0.791. The second-order valence-corrected chi connectivity index (χ2v) is 6.31. The number of nitrogens with zero attached hydrogens (tertiary/aromatic N) is 1. The first kappa shape index (κ1) is 19.8. The quantitative estimate of drug-likeness (QED) is 0.743. The van der Waals surface area contributed by atoms with Gasteiger partial charge in [0.2, 0.25) is 5.91 Å². The van der Waals surface area contributed by atoms with Crippen molar-refractivity contribution in [2.24, 2.45) is 0 Å². The first-order valence-corrected chi connectivity index (χ1v) is 8.83. The molecule has 0 spiro atoms. The van der Waals surface area contributed by atoms with Crippen molar-refractivity contribution in [3.05, 3.63) is 29.8 Å². The first-order valence-electron chi connectivity index (χ1n) is 8.83. The Balaban J connectivity index is 2.06. The van der Waals surface area contributed by atoms with E-state index in [0.29, 0.717) is 24.8 Å². The van der Waals surface area contributed by atoms with Crippen LogP contribution in [0.2, 0.25) is 0 Å². The van der Waals surface area contributed by atoms with Crippen molar-refractivity contribution in [1.29, 1.82) is 0 Å². The van der Waals surface area contributed by atoms with Crippen LogP contribution in [-0.4, -0.2) is 55.5 Å². The van der Waals surface area contributed by atoms with Gasteiger partial charge < -0.3 is 19.7 Å². The second-order valence-electron chi connectivity index (χ2n) is 6.31. The van der Waals surface area contributed by atoms with Gasteiger partial charge in [0.25, 0.3) is 5.91 Å². The van der Waals surface area contributed by atoms with Crippen LogP contribution in [-0.2, 0) is 19.1 Å². The van der Waals surface area contributed by atoms with Gasteiger partial charge in [0, 0.05) is 13.1 Å². The van der Waals surface area contributed by atoms with Crippen LogP contribution >= 0.6 is 0 Å². The molecule has 2 amide bonds. The molecule has 2 atom stereocenters. The summed E-state index contributed by atoms with van der Waals surface area (Å²) >= 11 is 0. The van der Waals surface area contributed by atoms with Gasteiger partial charge in [-0.15, -0.1) is 0 Å². The monoisotopic (exact) mass is 362 g/mol. The molecule has 7 heteroatoms. The number of hydrogen-bond donors (Lipinski definition) is 1. The number of benzene rings is 1. The largest absolute Gasteiger partial charge is 0.483 e. The number of hydrogen-bond acceptors (Lipinski definition) is 5. The molecule has 1 N–H and O–H groups in total. The van der Waals surface area contributed by atoms with E-state index in [2.05, 4.69) is 23.9 Å². The third-order valence-electron chi connectivity index (χ3n) is 4.65. The van der Waals surface area contributed by atoms with Crippen molar-refractivity contribution in [2.45, 2.75) is 38.6 Å². The Kier molecular flexibility index (Phi) is 7.00. The molecule has 1 aliphatic heterocycles. The van der Waals surface area contributed by atoms with E-state index in [1.807, 2.05) is 24.3 Å². The number of nitrogens with one attached hydrogen (secondary N) is 1. The van der Waals surface area contributed by atoms with Gasteiger partial charge in [-0.05, 0) is 24.0 Å².